The summed E-state index contributed by atoms with van der Waals surface area (Å²) in [6.45, 7) is 0. The number of hydrogen-bond donors (Lipinski definition) is 2. The van der Waals surface area contributed by atoms with Crippen LogP contribution in [0.4, 0.5) is 0 Å². The smallest absolute Gasteiger partial charge is 0.492 e. The van der Waals surface area contributed by atoms with Gasteiger partial charge in [-0.15, -0.1) is 0 Å². The second kappa shape index (κ2) is 5.78. The molecule has 0 saturated heterocycles. The first-order valence-corrected chi connectivity index (χ1v) is 5.84. The van der Waals surface area contributed by atoms with E-state index in [1.807, 2.05) is 30.3 Å². The molecule has 0 spiro atoms. The highest BCUT2D eigenvalue weighted by molar-refractivity contribution is 6.59. The maximum atomic E-state index is 9.22. The Morgan fingerprint density at radius 3 is 2.00 bits per heavy atom. The Morgan fingerprint density at radius 2 is 1.47 bits per heavy atom. The second-order valence-corrected chi connectivity index (χ2v) is 4.06. The van der Waals surface area contributed by atoms with E-state index in [0.29, 0.717) is 11.2 Å². The van der Waals surface area contributed by atoms with E-state index >= 15 is 0 Å². The van der Waals surface area contributed by atoms with Gasteiger partial charge in [0.2, 0.25) is 0 Å². The van der Waals surface area contributed by atoms with Crippen molar-refractivity contribution in [2.45, 2.75) is 0 Å². The van der Waals surface area contributed by atoms with Crippen LogP contribution in [-0.2, 0) is 0 Å². The molecule has 2 rings (SSSR count). The zero-order valence-corrected chi connectivity index (χ0v) is 10.8. The Morgan fingerprint density at radius 1 is 0.842 bits per heavy atom. The lowest BCUT2D eigenvalue weighted by atomic mass is 9.79. The zero-order chi connectivity index (χ0) is 13.8. The number of rotatable bonds is 4. The molecule has 5 heteroatoms. The third kappa shape index (κ3) is 2.89. The van der Waals surface area contributed by atoms with Gasteiger partial charge in [0.05, 0.1) is 14.2 Å². The van der Waals surface area contributed by atoms with Gasteiger partial charge < -0.3 is 19.5 Å². The molecule has 0 aliphatic heterocycles. The predicted octanol–water partition coefficient (Wildman–Crippen LogP) is 1.05. The molecule has 19 heavy (non-hydrogen) atoms. The molecular weight excluding hydrogens is 243 g/mol. The van der Waals surface area contributed by atoms with E-state index in [4.69, 9.17) is 9.47 Å². The summed E-state index contributed by atoms with van der Waals surface area (Å²) in [5.41, 5.74) is 2.28. The molecule has 0 radical (unpaired) electrons. The third-order valence-electron chi connectivity index (χ3n) is 2.94. The molecule has 0 unspecified atom stereocenters. The molecular formula is C14H15BO4. The van der Waals surface area contributed by atoms with Crippen molar-refractivity contribution in [1.82, 2.24) is 0 Å². The number of methoxy groups -OCH3 is 2. The molecule has 0 heterocycles. The van der Waals surface area contributed by atoms with Crippen LogP contribution in [0.25, 0.3) is 11.1 Å². The fourth-order valence-corrected chi connectivity index (χ4v) is 1.89. The van der Waals surface area contributed by atoms with Crippen LogP contribution in [0.1, 0.15) is 0 Å². The van der Waals surface area contributed by atoms with Gasteiger partial charge in [-0.2, -0.15) is 0 Å². The zero-order valence-electron chi connectivity index (χ0n) is 10.8. The lowest BCUT2D eigenvalue weighted by Crippen LogP contribution is -2.31. The summed E-state index contributed by atoms with van der Waals surface area (Å²) in [5.74, 6) is 1.24. The third-order valence-corrected chi connectivity index (χ3v) is 2.94. The normalized spacial score (nSPS) is 10.1. The van der Waals surface area contributed by atoms with Gasteiger partial charge in [0.1, 0.15) is 11.5 Å². The second-order valence-electron chi connectivity index (χ2n) is 4.06. The van der Waals surface area contributed by atoms with Crippen LogP contribution in [0.15, 0.2) is 42.5 Å². The topological polar surface area (TPSA) is 58.9 Å². The van der Waals surface area contributed by atoms with Crippen molar-refractivity contribution in [3.8, 4) is 22.6 Å². The van der Waals surface area contributed by atoms with Crippen molar-refractivity contribution < 1.29 is 19.5 Å². The van der Waals surface area contributed by atoms with E-state index in [0.717, 1.165) is 16.9 Å². The van der Waals surface area contributed by atoms with E-state index in [2.05, 4.69) is 0 Å². The van der Waals surface area contributed by atoms with Crippen molar-refractivity contribution in [3.05, 3.63) is 42.5 Å². The summed E-state index contributed by atoms with van der Waals surface area (Å²) in [6.07, 6.45) is 0. The lowest BCUT2D eigenvalue weighted by Gasteiger charge is -2.10. The van der Waals surface area contributed by atoms with Gasteiger partial charge >= 0.3 is 7.12 Å². The van der Waals surface area contributed by atoms with Crippen molar-refractivity contribution in [3.63, 3.8) is 0 Å². The average molecular weight is 258 g/mol. The van der Waals surface area contributed by atoms with Crippen LogP contribution in [0.2, 0.25) is 0 Å². The number of ether oxygens (including phenoxy) is 2. The van der Waals surface area contributed by atoms with Gasteiger partial charge in [0.15, 0.2) is 0 Å². The Bertz CT molecular complexity index is 552. The summed E-state index contributed by atoms with van der Waals surface area (Å²) >= 11 is 0. The first-order chi connectivity index (χ1) is 9.15. The van der Waals surface area contributed by atoms with Crippen LogP contribution in [0.3, 0.4) is 0 Å². The van der Waals surface area contributed by atoms with Gasteiger partial charge in [-0.05, 0) is 29.3 Å². The number of benzene rings is 2. The molecule has 0 saturated carbocycles. The van der Waals surface area contributed by atoms with Crippen molar-refractivity contribution in [2.75, 3.05) is 14.2 Å². The summed E-state index contributed by atoms with van der Waals surface area (Å²) in [5, 5.41) is 18.4. The molecule has 0 aliphatic rings. The molecule has 0 atom stereocenters. The summed E-state index contributed by atoms with van der Waals surface area (Å²) in [7, 11) is 1.58. The Kier molecular flexibility index (Phi) is 4.09. The van der Waals surface area contributed by atoms with Crippen LogP contribution in [-0.4, -0.2) is 31.4 Å². The van der Waals surface area contributed by atoms with Crippen molar-refractivity contribution >= 4 is 12.6 Å². The quantitative estimate of drug-likeness (QED) is 0.805. The van der Waals surface area contributed by atoms with E-state index in [-0.39, 0.29) is 0 Å². The van der Waals surface area contributed by atoms with Gasteiger partial charge in [0.25, 0.3) is 0 Å². The molecule has 2 aromatic rings. The standard InChI is InChI=1S/C14H15BO4/c1-18-12-6-3-10(4-7-12)11-5-8-13(15(16)17)14(9-11)19-2/h3-9,16-17H,1-2H3. The first-order valence-electron chi connectivity index (χ1n) is 5.84. The van der Waals surface area contributed by atoms with Crippen LogP contribution in [0, 0.1) is 0 Å². The summed E-state index contributed by atoms with van der Waals surface area (Å²) < 4.78 is 10.3. The van der Waals surface area contributed by atoms with Crippen LogP contribution < -0.4 is 14.9 Å². The van der Waals surface area contributed by atoms with Crippen molar-refractivity contribution in [1.29, 1.82) is 0 Å². The van der Waals surface area contributed by atoms with Crippen molar-refractivity contribution in [2.24, 2.45) is 0 Å². The minimum absolute atomic E-state index is 0.347. The molecule has 4 nitrogen and oxygen atoms in total. The molecule has 2 N–H and O–H groups in total. The predicted molar refractivity (Wildman–Crippen MR) is 74.8 cm³/mol. The molecule has 0 amide bonds. The molecule has 0 bridgehead atoms. The fraction of sp³-hybridized carbons (Fsp3) is 0.143. The largest absolute Gasteiger partial charge is 0.497 e. The minimum Gasteiger partial charge on any atom is -0.497 e. The SMILES string of the molecule is COc1ccc(-c2ccc(B(O)O)c(OC)c2)cc1. The monoisotopic (exact) mass is 258 g/mol. The molecule has 0 aliphatic carbocycles. The van der Waals surface area contributed by atoms with E-state index in [9.17, 15) is 10.0 Å². The van der Waals surface area contributed by atoms with E-state index in [1.54, 1.807) is 19.2 Å². The minimum atomic E-state index is -1.54. The number of hydrogen-bond acceptors (Lipinski definition) is 4. The molecule has 98 valence electrons. The molecule has 2 aromatic carbocycles. The molecule has 0 fully saturated rings. The fourth-order valence-electron chi connectivity index (χ4n) is 1.89. The highest BCUT2D eigenvalue weighted by atomic mass is 16.5. The highest BCUT2D eigenvalue weighted by Crippen LogP contribution is 2.24. The maximum absolute atomic E-state index is 9.22. The first kappa shape index (κ1) is 13.5. The van der Waals surface area contributed by atoms with E-state index in [1.165, 1.54) is 7.11 Å². The Balaban J connectivity index is 2.39. The average Bonchev–Trinajstić information content (AvgIpc) is 2.46. The van der Waals surface area contributed by atoms with Gasteiger partial charge in [-0.25, -0.2) is 0 Å². The van der Waals surface area contributed by atoms with Crippen LogP contribution >= 0.6 is 0 Å². The van der Waals surface area contributed by atoms with Gasteiger partial charge in [-0.3, -0.25) is 0 Å². The van der Waals surface area contributed by atoms with Crippen LogP contribution in [0.5, 0.6) is 11.5 Å². The molecule has 0 aromatic heterocycles. The summed E-state index contributed by atoms with van der Waals surface area (Å²) in [4.78, 5) is 0. The van der Waals surface area contributed by atoms with Gasteiger partial charge in [0, 0.05) is 5.46 Å². The lowest BCUT2D eigenvalue weighted by molar-refractivity contribution is 0.403. The Labute approximate surface area is 112 Å². The highest BCUT2D eigenvalue weighted by Gasteiger charge is 2.17. The van der Waals surface area contributed by atoms with E-state index < -0.39 is 7.12 Å². The van der Waals surface area contributed by atoms with Gasteiger partial charge in [-0.1, -0.05) is 24.3 Å². The maximum Gasteiger partial charge on any atom is 0.492 e. The Hall–Kier alpha value is -1.98. The summed E-state index contributed by atoms with van der Waals surface area (Å²) in [6, 6.07) is 12.8.